The molecule has 0 aromatic carbocycles. The van der Waals surface area contributed by atoms with Crippen molar-refractivity contribution in [3.8, 4) is 0 Å². The number of thioether (sulfide) groups is 1. The van der Waals surface area contributed by atoms with Gasteiger partial charge in [-0.05, 0) is 32.1 Å². The molecule has 0 bridgehead atoms. The standard InChI is InChI=1S/C15H29N3OS.HI/c1-4-16-14(17-11-15(19)6-5-7-15)18-8-9-20-13(10-18)12(2)3;/h12-13,19H,4-11H2,1-3H3,(H,16,17);1H. The summed E-state index contributed by atoms with van der Waals surface area (Å²) in [7, 11) is 0. The van der Waals surface area contributed by atoms with Gasteiger partial charge in [-0.25, -0.2) is 0 Å². The van der Waals surface area contributed by atoms with Gasteiger partial charge in [-0.2, -0.15) is 11.8 Å². The molecule has 1 saturated carbocycles. The molecule has 21 heavy (non-hydrogen) atoms. The minimum Gasteiger partial charge on any atom is -0.388 e. The fourth-order valence-electron chi connectivity index (χ4n) is 2.66. The number of aliphatic imine (C=N–C) groups is 1. The van der Waals surface area contributed by atoms with Gasteiger partial charge in [0.25, 0.3) is 0 Å². The van der Waals surface area contributed by atoms with Crippen molar-refractivity contribution in [1.29, 1.82) is 0 Å². The molecule has 1 unspecified atom stereocenters. The van der Waals surface area contributed by atoms with Crippen LogP contribution in [-0.2, 0) is 0 Å². The Hall–Kier alpha value is 0.310. The molecule has 2 rings (SSSR count). The summed E-state index contributed by atoms with van der Waals surface area (Å²) in [5, 5.41) is 14.3. The van der Waals surface area contributed by atoms with Crippen molar-refractivity contribution in [3.05, 3.63) is 0 Å². The van der Waals surface area contributed by atoms with Gasteiger partial charge >= 0.3 is 0 Å². The van der Waals surface area contributed by atoms with Crippen molar-refractivity contribution in [2.45, 2.75) is 50.9 Å². The van der Waals surface area contributed by atoms with Crippen LogP contribution in [0.25, 0.3) is 0 Å². The van der Waals surface area contributed by atoms with Crippen molar-refractivity contribution >= 4 is 41.7 Å². The minimum atomic E-state index is -0.525. The molecule has 6 heteroatoms. The molecule has 1 aliphatic carbocycles. The lowest BCUT2D eigenvalue weighted by Gasteiger charge is -2.38. The summed E-state index contributed by atoms with van der Waals surface area (Å²) in [4.78, 5) is 7.06. The number of hydrogen-bond acceptors (Lipinski definition) is 3. The number of rotatable bonds is 4. The van der Waals surface area contributed by atoms with Gasteiger partial charge in [0.05, 0.1) is 12.1 Å². The number of halogens is 1. The Morgan fingerprint density at radius 2 is 2.19 bits per heavy atom. The maximum Gasteiger partial charge on any atom is 0.194 e. The van der Waals surface area contributed by atoms with E-state index in [4.69, 9.17) is 4.99 Å². The molecule has 2 N–H and O–H groups in total. The lowest BCUT2D eigenvalue weighted by molar-refractivity contribution is -0.0237. The van der Waals surface area contributed by atoms with Crippen LogP contribution in [0.2, 0.25) is 0 Å². The molecule has 0 aromatic heterocycles. The topological polar surface area (TPSA) is 47.9 Å². The first-order valence-electron chi connectivity index (χ1n) is 7.91. The van der Waals surface area contributed by atoms with Gasteiger partial charge in [0.15, 0.2) is 5.96 Å². The Bertz CT molecular complexity index is 348. The summed E-state index contributed by atoms with van der Waals surface area (Å²) in [5.74, 6) is 2.85. The van der Waals surface area contributed by atoms with Crippen LogP contribution in [0.15, 0.2) is 4.99 Å². The van der Waals surface area contributed by atoms with Crippen molar-refractivity contribution in [2.75, 3.05) is 31.9 Å². The smallest absolute Gasteiger partial charge is 0.194 e. The number of nitrogens with zero attached hydrogens (tertiary/aromatic N) is 2. The largest absolute Gasteiger partial charge is 0.388 e. The summed E-state index contributed by atoms with van der Waals surface area (Å²) in [6, 6.07) is 0. The second-order valence-electron chi connectivity index (χ2n) is 6.35. The van der Waals surface area contributed by atoms with Crippen LogP contribution in [0, 0.1) is 5.92 Å². The van der Waals surface area contributed by atoms with Gasteiger partial charge in [0, 0.05) is 30.6 Å². The third-order valence-electron chi connectivity index (χ3n) is 4.28. The van der Waals surface area contributed by atoms with E-state index in [1.165, 1.54) is 0 Å². The predicted molar refractivity (Wildman–Crippen MR) is 103 cm³/mol. The first-order chi connectivity index (χ1) is 9.54. The number of aliphatic hydroxyl groups is 1. The zero-order valence-electron chi connectivity index (χ0n) is 13.5. The molecule has 0 radical (unpaired) electrons. The van der Waals surface area contributed by atoms with Crippen molar-refractivity contribution in [2.24, 2.45) is 10.9 Å². The second kappa shape index (κ2) is 8.82. The fourth-order valence-corrected chi connectivity index (χ4v) is 3.96. The van der Waals surface area contributed by atoms with E-state index in [-0.39, 0.29) is 24.0 Å². The van der Waals surface area contributed by atoms with Crippen LogP contribution in [-0.4, -0.2) is 58.7 Å². The molecule has 1 heterocycles. The molecule has 1 saturated heterocycles. The Morgan fingerprint density at radius 1 is 1.48 bits per heavy atom. The van der Waals surface area contributed by atoms with Crippen molar-refractivity contribution < 1.29 is 5.11 Å². The van der Waals surface area contributed by atoms with E-state index in [0.29, 0.717) is 17.7 Å². The Morgan fingerprint density at radius 3 is 2.71 bits per heavy atom. The number of nitrogens with one attached hydrogen (secondary N) is 1. The van der Waals surface area contributed by atoms with Gasteiger partial charge in [0.1, 0.15) is 0 Å². The van der Waals surface area contributed by atoms with E-state index in [1.807, 2.05) is 0 Å². The summed E-state index contributed by atoms with van der Waals surface area (Å²) in [5.41, 5.74) is -0.525. The zero-order valence-corrected chi connectivity index (χ0v) is 16.6. The SMILES string of the molecule is CCNC(=NCC1(O)CCC1)N1CCSC(C(C)C)C1.I. The van der Waals surface area contributed by atoms with Gasteiger partial charge in [-0.3, -0.25) is 4.99 Å². The molecule has 2 aliphatic rings. The summed E-state index contributed by atoms with van der Waals surface area (Å²) < 4.78 is 0. The second-order valence-corrected chi connectivity index (χ2v) is 7.69. The quantitative estimate of drug-likeness (QED) is 0.412. The Labute approximate surface area is 150 Å². The molecular weight excluding hydrogens is 397 g/mol. The van der Waals surface area contributed by atoms with Crippen LogP contribution in [0.1, 0.15) is 40.0 Å². The molecule has 1 aliphatic heterocycles. The minimum absolute atomic E-state index is 0. The molecule has 0 aromatic rings. The molecule has 124 valence electrons. The maximum atomic E-state index is 10.2. The third kappa shape index (κ3) is 5.46. The van der Waals surface area contributed by atoms with E-state index in [0.717, 1.165) is 50.6 Å². The lowest BCUT2D eigenvalue weighted by atomic mass is 9.80. The van der Waals surface area contributed by atoms with Crippen LogP contribution < -0.4 is 5.32 Å². The molecule has 2 fully saturated rings. The van der Waals surface area contributed by atoms with Crippen LogP contribution >= 0.6 is 35.7 Å². The molecular formula is C15H30IN3OS. The Kier molecular flexibility index (Phi) is 8.13. The predicted octanol–water partition coefficient (Wildman–Crippen LogP) is 2.56. The highest BCUT2D eigenvalue weighted by atomic mass is 127. The normalized spacial score (nSPS) is 25.3. The van der Waals surface area contributed by atoms with Gasteiger partial charge in [-0.15, -0.1) is 24.0 Å². The summed E-state index contributed by atoms with van der Waals surface area (Å²) in [6.07, 6.45) is 2.94. The first-order valence-corrected chi connectivity index (χ1v) is 8.96. The van der Waals surface area contributed by atoms with Gasteiger partial charge < -0.3 is 15.3 Å². The van der Waals surface area contributed by atoms with E-state index >= 15 is 0 Å². The third-order valence-corrected chi connectivity index (χ3v) is 5.82. The lowest BCUT2D eigenvalue weighted by Crippen LogP contribution is -2.50. The van der Waals surface area contributed by atoms with Crippen molar-refractivity contribution in [3.63, 3.8) is 0 Å². The van der Waals surface area contributed by atoms with Gasteiger partial charge in [0.2, 0.25) is 0 Å². The molecule has 0 spiro atoms. The Balaban J connectivity index is 0.00000220. The zero-order chi connectivity index (χ0) is 14.6. The molecule has 0 amide bonds. The highest BCUT2D eigenvalue weighted by Crippen LogP contribution is 2.32. The summed E-state index contributed by atoms with van der Waals surface area (Å²) >= 11 is 2.08. The average molecular weight is 427 g/mol. The highest BCUT2D eigenvalue weighted by molar-refractivity contribution is 14.0. The van der Waals surface area contributed by atoms with E-state index in [9.17, 15) is 5.11 Å². The highest BCUT2D eigenvalue weighted by Gasteiger charge is 2.34. The van der Waals surface area contributed by atoms with E-state index < -0.39 is 5.60 Å². The fraction of sp³-hybridized carbons (Fsp3) is 0.933. The molecule has 1 atom stereocenters. The first kappa shape index (κ1) is 19.4. The maximum absolute atomic E-state index is 10.2. The number of guanidine groups is 1. The van der Waals surface area contributed by atoms with Crippen LogP contribution in [0.5, 0.6) is 0 Å². The van der Waals surface area contributed by atoms with E-state index in [1.54, 1.807) is 0 Å². The monoisotopic (exact) mass is 427 g/mol. The summed E-state index contributed by atoms with van der Waals surface area (Å²) in [6.45, 7) is 10.2. The average Bonchev–Trinajstić information content (AvgIpc) is 2.41. The van der Waals surface area contributed by atoms with Crippen LogP contribution in [0.3, 0.4) is 0 Å². The molecule has 4 nitrogen and oxygen atoms in total. The van der Waals surface area contributed by atoms with Gasteiger partial charge in [-0.1, -0.05) is 13.8 Å². The van der Waals surface area contributed by atoms with Crippen LogP contribution in [0.4, 0.5) is 0 Å². The van der Waals surface area contributed by atoms with Crippen molar-refractivity contribution in [1.82, 2.24) is 10.2 Å². The number of hydrogen-bond donors (Lipinski definition) is 2. The van der Waals surface area contributed by atoms with E-state index in [2.05, 4.69) is 42.7 Å².